The monoisotopic (exact) mass is 543 g/mol. The molecule has 0 aromatic rings. The second kappa shape index (κ2) is 18.7. The quantitative estimate of drug-likeness (QED) is 0.0436. The van der Waals surface area contributed by atoms with Crippen molar-refractivity contribution in [2.45, 2.75) is 89.4 Å². The van der Waals surface area contributed by atoms with Crippen LogP contribution in [0.2, 0.25) is 0 Å². The number of guanidine groups is 1. The lowest BCUT2D eigenvalue weighted by Crippen LogP contribution is -2.58. The van der Waals surface area contributed by atoms with E-state index in [2.05, 4.69) is 20.9 Å². The van der Waals surface area contributed by atoms with E-state index in [1.807, 2.05) is 0 Å². The number of carboxylic acids is 1. The molecule has 0 aromatic carbocycles. The SMILES string of the molecule is CCC(C)C(NC(=O)C(CCCCN)NC(=O)C(N)CCCN=C(N)N)C(=O)NC(CCC(N)=O)C(=O)O. The second-order valence-corrected chi connectivity index (χ2v) is 9.18. The van der Waals surface area contributed by atoms with Gasteiger partial charge in [-0.05, 0) is 51.0 Å². The molecule has 0 radical (unpaired) electrons. The van der Waals surface area contributed by atoms with Gasteiger partial charge in [-0.1, -0.05) is 20.3 Å². The van der Waals surface area contributed by atoms with Gasteiger partial charge >= 0.3 is 5.97 Å². The van der Waals surface area contributed by atoms with Gasteiger partial charge in [0.25, 0.3) is 0 Å². The fourth-order valence-corrected chi connectivity index (χ4v) is 3.45. The van der Waals surface area contributed by atoms with Gasteiger partial charge in [0.15, 0.2) is 5.96 Å². The summed E-state index contributed by atoms with van der Waals surface area (Å²) in [5.41, 5.74) is 27.2. The Bertz CT molecular complexity index is 819. The zero-order valence-electron chi connectivity index (χ0n) is 22.3. The van der Waals surface area contributed by atoms with Crippen LogP contribution < -0.4 is 44.6 Å². The van der Waals surface area contributed by atoms with Crippen LogP contribution in [0.25, 0.3) is 0 Å². The predicted molar refractivity (Wildman–Crippen MR) is 142 cm³/mol. The highest BCUT2D eigenvalue weighted by molar-refractivity contribution is 5.94. The number of unbranched alkanes of at least 4 members (excludes halogenated alkanes) is 1. The standard InChI is InChI=1S/C23H45N9O6/c1-3-13(2)18(21(36)31-16(22(37)38)9-10-17(26)33)32-20(35)15(8-4-5-11-24)30-19(34)14(25)7-6-12-29-23(27)28/h13-16,18H,3-12,24-25H2,1-2H3,(H2,26,33)(H,30,34)(H,31,36)(H,32,35)(H,37,38)(H4,27,28,29). The van der Waals surface area contributed by atoms with E-state index in [0.29, 0.717) is 38.8 Å². The van der Waals surface area contributed by atoms with Crippen molar-refractivity contribution in [3.8, 4) is 0 Å². The molecular formula is C23H45N9O6. The lowest BCUT2D eigenvalue weighted by atomic mass is 9.96. The first-order chi connectivity index (χ1) is 17.8. The fraction of sp³-hybridized carbons (Fsp3) is 0.739. The number of aliphatic imine (C=N–C) groups is 1. The first-order valence-corrected chi connectivity index (χ1v) is 12.8. The summed E-state index contributed by atoms with van der Waals surface area (Å²) < 4.78 is 0. The number of amides is 4. The van der Waals surface area contributed by atoms with Crippen molar-refractivity contribution >= 4 is 35.6 Å². The number of nitrogens with zero attached hydrogens (tertiary/aromatic N) is 1. The highest BCUT2D eigenvalue weighted by Gasteiger charge is 2.32. The van der Waals surface area contributed by atoms with E-state index in [1.54, 1.807) is 13.8 Å². The highest BCUT2D eigenvalue weighted by Crippen LogP contribution is 2.11. The molecule has 0 aliphatic heterocycles. The Morgan fingerprint density at radius 3 is 2.00 bits per heavy atom. The Kier molecular flexibility index (Phi) is 17.0. The first kappa shape index (κ1) is 34.5. The number of nitrogens with two attached hydrogens (primary N) is 5. The lowest BCUT2D eigenvalue weighted by molar-refractivity contribution is -0.143. The molecule has 0 aliphatic rings. The van der Waals surface area contributed by atoms with Crippen LogP contribution in [0.4, 0.5) is 0 Å². The van der Waals surface area contributed by atoms with Crippen LogP contribution in [0.1, 0.15) is 65.2 Å². The second-order valence-electron chi connectivity index (χ2n) is 9.18. The van der Waals surface area contributed by atoms with Crippen molar-refractivity contribution in [2.24, 2.45) is 39.6 Å². The van der Waals surface area contributed by atoms with Gasteiger partial charge in [-0.3, -0.25) is 24.2 Å². The summed E-state index contributed by atoms with van der Waals surface area (Å²) in [6.45, 7) is 4.22. The maximum atomic E-state index is 13.2. The highest BCUT2D eigenvalue weighted by atomic mass is 16.4. The van der Waals surface area contributed by atoms with Gasteiger partial charge in [-0.2, -0.15) is 0 Å². The molecule has 15 nitrogen and oxygen atoms in total. The molecule has 0 heterocycles. The number of aliphatic carboxylic acids is 1. The number of carboxylic acid groups (broad SMARTS) is 1. The van der Waals surface area contributed by atoms with E-state index in [1.165, 1.54) is 0 Å². The van der Waals surface area contributed by atoms with Crippen LogP contribution in [-0.2, 0) is 24.0 Å². The number of primary amides is 1. The Morgan fingerprint density at radius 1 is 0.842 bits per heavy atom. The summed E-state index contributed by atoms with van der Waals surface area (Å²) in [5, 5.41) is 17.1. The molecule has 5 unspecified atom stereocenters. The molecule has 0 aromatic heterocycles. The number of hydrogen-bond acceptors (Lipinski definition) is 8. The first-order valence-electron chi connectivity index (χ1n) is 12.8. The molecule has 218 valence electrons. The summed E-state index contributed by atoms with van der Waals surface area (Å²) >= 11 is 0. The number of rotatable bonds is 20. The molecule has 15 heteroatoms. The third-order valence-corrected chi connectivity index (χ3v) is 5.97. The minimum atomic E-state index is -1.37. The zero-order valence-corrected chi connectivity index (χ0v) is 22.3. The van der Waals surface area contributed by atoms with Gasteiger partial charge in [0, 0.05) is 13.0 Å². The Morgan fingerprint density at radius 2 is 1.47 bits per heavy atom. The Hall–Kier alpha value is -3.46. The number of hydrogen-bond donors (Lipinski definition) is 9. The van der Waals surface area contributed by atoms with Gasteiger partial charge < -0.3 is 49.7 Å². The van der Waals surface area contributed by atoms with Crippen molar-refractivity contribution in [3.63, 3.8) is 0 Å². The molecule has 38 heavy (non-hydrogen) atoms. The zero-order chi connectivity index (χ0) is 29.3. The molecular weight excluding hydrogens is 498 g/mol. The Labute approximate surface area is 223 Å². The van der Waals surface area contributed by atoms with Crippen molar-refractivity contribution < 1.29 is 29.1 Å². The van der Waals surface area contributed by atoms with Crippen LogP contribution in [0.5, 0.6) is 0 Å². The normalized spacial score (nSPS) is 14.7. The molecule has 0 bridgehead atoms. The van der Waals surface area contributed by atoms with Crippen LogP contribution in [0.15, 0.2) is 4.99 Å². The van der Waals surface area contributed by atoms with Crippen molar-refractivity contribution in [1.82, 2.24) is 16.0 Å². The molecule has 4 amide bonds. The molecule has 0 spiro atoms. The summed E-state index contributed by atoms with van der Waals surface area (Å²) in [7, 11) is 0. The number of carbonyl (C=O) groups is 5. The van der Waals surface area contributed by atoms with E-state index in [-0.39, 0.29) is 37.6 Å². The van der Waals surface area contributed by atoms with E-state index in [9.17, 15) is 29.1 Å². The van der Waals surface area contributed by atoms with Crippen LogP contribution in [0, 0.1) is 5.92 Å². The summed E-state index contributed by atoms with van der Waals surface area (Å²) in [6.07, 6.45) is 2.17. The molecule has 0 saturated heterocycles. The van der Waals surface area contributed by atoms with Crippen molar-refractivity contribution in [3.05, 3.63) is 0 Å². The van der Waals surface area contributed by atoms with E-state index in [4.69, 9.17) is 28.7 Å². The van der Waals surface area contributed by atoms with Gasteiger partial charge in [0.05, 0.1) is 6.04 Å². The molecule has 14 N–H and O–H groups in total. The largest absolute Gasteiger partial charge is 0.480 e. The van der Waals surface area contributed by atoms with Crippen LogP contribution in [0.3, 0.4) is 0 Å². The predicted octanol–water partition coefficient (Wildman–Crippen LogP) is -2.65. The summed E-state index contributed by atoms with van der Waals surface area (Å²) in [5.74, 6) is -4.38. The summed E-state index contributed by atoms with van der Waals surface area (Å²) in [4.78, 5) is 65.3. The minimum Gasteiger partial charge on any atom is -0.480 e. The van der Waals surface area contributed by atoms with Crippen molar-refractivity contribution in [1.29, 1.82) is 0 Å². The molecule has 0 aliphatic carbocycles. The van der Waals surface area contributed by atoms with Gasteiger partial charge in [-0.25, -0.2) is 4.79 Å². The van der Waals surface area contributed by atoms with Crippen molar-refractivity contribution in [2.75, 3.05) is 13.1 Å². The summed E-state index contributed by atoms with van der Waals surface area (Å²) in [6, 6.07) is -4.37. The van der Waals surface area contributed by atoms with Gasteiger partial charge in [-0.15, -0.1) is 0 Å². The average molecular weight is 544 g/mol. The van der Waals surface area contributed by atoms with Gasteiger partial charge in [0.2, 0.25) is 23.6 Å². The third kappa shape index (κ3) is 14.3. The third-order valence-electron chi connectivity index (χ3n) is 5.97. The van der Waals surface area contributed by atoms with E-state index >= 15 is 0 Å². The topological polar surface area (TPSA) is 284 Å². The van der Waals surface area contributed by atoms with Crippen LogP contribution in [-0.4, -0.2) is 77.9 Å². The maximum Gasteiger partial charge on any atom is 0.326 e. The molecule has 0 saturated carbocycles. The van der Waals surface area contributed by atoms with Gasteiger partial charge in [0.1, 0.15) is 18.1 Å². The Balaban J connectivity index is 5.49. The lowest BCUT2D eigenvalue weighted by Gasteiger charge is -2.28. The molecule has 0 rings (SSSR count). The smallest absolute Gasteiger partial charge is 0.326 e. The molecule has 0 fully saturated rings. The van der Waals surface area contributed by atoms with Crippen LogP contribution >= 0.6 is 0 Å². The minimum absolute atomic E-state index is 0.0675. The maximum absolute atomic E-state index is 13.2. The number of nitrogens with one attached hydrogen (secondary N) is 3. The van der Waals surface area contributed by atoms with E-state index < -0.39 is 53.8 Å². The van der Waals surface area contributed by atoms with E-state index in [0.717, 1.165) is 0 Å². The molecule has 5 atom stereocenters. The average Bonchev–Trinajstić information content (AvgIpc) is 2.85. The number of carbonyl (C=O) groups excluding carboxylic acids is 4. The fourth-order valence-electron chi connectivity index (χ4n) is 3.45.